The van der Waals surface area contributed by atoms with Crippen molar-refractivity contribution in [2.24, 2.45) is 0 Å². The van der Waals surface area contributed by atoms with Gasteiger partial charge in [-0.05, 0) is 78.5 Å². The molecule has 1 saturated carbocycles. The SMILES string of the molecule is CC(C)OC(=O)NC1CCC(c2ncc(-c3ccc(NC(=O)NCc4ccccc4F)cc3S(=O)(=O)NC(C)(C)C)s2)CC1. The molecule has 0 unspecified atom stereocenters. The van der Waals surface area contributed by atoms with Crippen LogP contribution in [0.3, 0.4) is 0 Å². The number of thiazole rings is 1. The predicted molar refractivity (Wildman–Crippen MR) is 170 cm³/mol. The molecule has 0 spiro atoms. The largest absolute Gasteiger partial charge is 0.447 e. The Hall–Kier alpha value is -3.55. The second kappa shape index (κ2) is 14.0. The molecule has 238 valence electrons. The number of nitrogens with one attached hydrogen (secondary N) is 4. The monoisotopic (exact) mass is 645 g/mol. The summed E-state index contributed by atoms with van der Waals surface area (Å²) in [5, 5.41) is 9.09. The van der Waals surface area contributed by atoms with E-state index in [0.717, 1.165) is 30.7 Å². The molecule has 10 nitrogen and oxygen atoms in total. The number of hydrogen-bond donors (Lipinski definition) is 4. The molecule has 0 radical (unpaired) electrons. The van der Waals surface area contributed by atoms with Crippen molar-refractivity contribution in [2.75, 3.05) is 5.32 Å². The van der Waals surface area contributed by atoms with E-state index in [1.165, 1.54) is 23.5 Å². The van der Waals surface area contributed by atoms with Crippen LogP contribution in [0.15, 0.2) is 53.6 Å². The molecular formula is C31H40FN5O5S2. The zero-order valence-electron chi connectivity index (χ0n) is 25.6. The Morgan fingerprint density at radius 3 is 2.45 bits per heavy atom. The molecule has 4 N–H and O–H groups in total. The van der Waals surface area contributed by atoms with E-state index in [2.05, 4.69) is 25.7 Å². The Kier molecular flexibility index (Phi) is 10.6. The normalized spacial score (nSPS) is 17.2. The maximum Gasteiger partial charge on any atom is 0.407 e. The van der Waals surface area contributed by atoms with Crippen LogP contribution in [0.5, 0.6) is 0 Å². The third-order valence-electron chi connectivity index (χ3n) is 6.90. The van der Waals surface area contributed by atoms with E-state index in [-0.39, 0.29) is 35.2 Å². The molecule has 3 aromatic rings. The number of nitrogens with zero attached hydrogens (tertiary/aromatic N) is 1. The molecule has 13 heteroatoms. The molecule has 3 amide bonds. The first-order valence-electron chi connectivity index (χ1n) is 14.6. The van der Waals surface area contributed by atoms with E-state index in [0.29, 0.717) is 16.0 Å². The molecule has 0 aliphatic heterocycles. The molecule has 0 atom stereocenters. The van der Waals surface area contributed by atoms with Crippen molar-refractivity contribution in [1.29, 1.82) is 0 Å². The lowest BCUT2D eigenvalue weighted by atomic mass is 9.86. The summed E-state index contributed by atoms with van der Waals surface area (Å²) in [5.41, 5.74) is 0.314. The van der Waals surface area contributed by atoms with Crippen LogP contribution in [0.1, 0.15) is 76.8 Å². The van der Waals surface area contributed by atoms with Gasteiger partial charge < -0.3 is 20.7 Å². The minimum atomic E-state index is -4.00. The van der Waals surface area contributed by atoms with Gasteiger partial charge in [0.1, 0.15) is 5.82 Å². The summed E-state index contributed by atoms with van der Waals surface area (Å²) in [7, 11) is -4.00. The van der Waals surface area contributed by atoms with Crippen LogP contribution in [0, 0.1) is 5.82 Å². The van der Waals surface area contributed by atoms with Crippen LogP contribution in [0.4, 0.5) is 19.7 Å². The number of urea groups is 1. The highest BCUT2D eigenvalue weighted by Gasteiger charge is 2.29. The summed E-state index contributed by atoms with van der Waals surface area (Å²) < 4.78 is 49.0. The van der Waals surface area contributed by atoms with Crippen molar-refractivity contribution in [2.45, 2.75) is 95.3 Å². The molecule has 0 bridgehead atoms. The lowest BCUT2D eigenvalue weighted by molar-refractivity contribution is 0.109. The quantitative estimate of drug-likeness (QED) is 0.209. The number of anilines is 1. The van der Waals surface area contributed by atoms with Gasteiger partial charge in [0.25, 0.3) is 0 Å². The van der Waals surface area contributed by atoms with Crippen LogP contribution in [-0.4, -0.2) is 43.2 Å². The smallest absolute Gasteiger partial charge is 0.407 e. The van der Waals surface area contributed by atoms with Gasteiger partial charge in [0.05, 0.1) is 20.9 Å². The predicted octanol–water partition coefficient (Wildman–Crippen LogP) is 6.51. The molecule has 1 aliphatic rings. The van der Waals surface area contributed by atoms with Crippen molar-refractivity contribution in [3.8, 4) is 10.4 Å². The van der Waals surface area contributed by atoms with Crippen LogP contribution < -0.4 is 20.7 Å². The summed E-state index contributed by atoms with van der Waals surface area (Å²) in [5.74, 6) is -0.237. The number of sulfonamides is 1. The number of rotatable bonds is 9. The average molecular weight is 646 g/mol. The Morgan fingerprint density at radius 2 is 1.80 bits per heavy atom. The van der Waals surface area contributed by atoms with Gasteiger partial charge in [-0.25, -0.2) is 32.1 Å². The number of benzene rings is 2. The zero-order chi connectivity index (χ0) is 32.1. The second-order valence-corrected chi connectivity index (χ2v) is 14.9. The molecule has 1 aromatic heterocycles. The van der Waals surface area contributed by atoms with Gasteiger partial charge in [-0.15, -0.1) is 11.3 Å². The molecule has 1 aliphatic carbocycles. The molecule has 44 heavy (non-hydrogen) atoms. The number of ether oxygens (including phenoxy) is 1. The number of amides is 3. The van der Waals surface area contributed by atoms with Gasteiger partial charge in [-0.3, -0.25) is 0 Å². The highest BCUT2D eigenvalue weighted by Crippen LogP contribution is 2.40. The van der Waals surface area contributed by atoms with Crippen LogP contribution in [-0.2, 0) is 21.3 Å². The molecule has 2 aromatic carbocycles. The lowest BCUT2D eigenvalue weighted by Gasteiger charge is -2.28. The Morgan fingerprint density at radius 1 is 1.09 bits per heavy atom. The maximum absolute atomic E-state index is 13.9. The lowest BCUT2D eigenvalue weighted by Crippen LogP contribution is -2.40. The van der Waals surface area contributed by atoms with Crippen molar-refractivity contribution in [3.63, 3.8) is 0 Å². The fraction of sp³-hybridized carbons (Fsp3) is 0.452. The van der Waals surface area contributed by atoms with Gasteiger partial charge in [0.15, 0.2) is 0 Å². The van der Waals surface area contributed by atoms with Crippen LogP contribution in [0.25, 0.3) is 10.4 Å². The molecule has 4 rings (SSSR count). The number of carbonyl (C=O) groups excluding carboxylic acids is 2. The first-order chi connectivity index (χ1) is 20.7. The molecule has 0 saturated heterocycles. The zero-order valence-corrected chi connectivity index (χ0v) is 27.2. The van der Waals surface area contributed by atoms with Crippen molar-refractivity contribution >= 4 is 39.2 Å². The van der Waals surface area contributed by atoms with Gasteiger partial charge in [-0.2, -0.15) is 0 Å². The number of halogens is 1. The topological polar surface area (TPSA) is 139 Å². The van der Waals surface area contributed by atoms with Gasteiger partial charge in [0, 0.05) is 47.1 Å². The van der Waals surface area contributed by atoms with Crippen LogP contribution >= 0.6 is 11.3 Å². The number of carbonyl (C=O) groups is 2. The van der Waals surface area contributed by atoms with Gasteiger partial charge in [0.2, 0.25) is 10.0 Å². The van der Waals surface area contributed by atoms with E-state index >= 15 is 0 Å². The summed E-state index contributed by atoms with van der Waals surface area (Å²) in [4.78, 5) is 29.9. The summed E-state index contributed by atoms with van der Waals surface area (Å²) in [6.45, 7) is 8.84. The summed E-state index contributed by atoms with van der Waals surface area (Å²) in [6.07, 6.45) is 4.35. The summed E-state index contributed by atoms with van der Waals surface area (Å²) >= 11 is 1.44. The average Bonchev–Trinajstić information content (AvgIpc) is 3.41. The van der Waals surface area contributed by atoms with Crippen molar-refractivity contribution < 1.29 is 27.1 Å². The van der Waals surface area contributed by atoms with Crippen LogP contribution in [0.2, 0.25) is 0 Å². The third-order valence-corrected chi connectivity index (χ3v) is 9.89. The molecule has 1 fully saturated rings. The van der Waals surface area contributed by atoms with E-state index in [1.54, 1.807) is 57.3 Å². The molecular weight excluding hydrogens is 606 g/mol. The van der Waals surface area contributed by atoms with Gasteiger partial charge >= 0.3 is 12.1 Å². The van der Waals surface area contributed by atoms with E-state index < -0.39 is 33.5 Å². The first-order valence-corrected chi connectivity index (χ1v) is 16.9. The Labute approximate surface area is 262 Å². The number of hydrogen-bond acceptors (Lipinski definition) is 7. The maximum atomic E-state index is 13.9. The van der Waals surface area contributed by atoms with Gasteiger partial charge in [-0.1, -0.05) is 24.3 Å². The fourth-order valence-corrected chi connectivity index (χ4v) is 7.83. The van der Waals surface area contributed by atoms with E-state index in [9.17, 15) is 22.4 Å². The minimum absolute atomic E-state index is 0.00565. The third kappa shape index (κ3) is 9.23. The highest BCUT2D eigenvalue weighted by atomic mass is 32.2. The number of alkyl carbamates (subject to hydrolysis) is 1. The Bertz CT molecular complexity index is 1580. The van der Waals surface area contributed by atoms with Crippen molar-refractivity contribution in [3.05, 3.63) is 65.0 Å². The fourth-order valence-electron chi connectivity index (χ4n) is 4.98. The van der Waals surface area contributed by atoms with E-state index in [4.69, 9.17) is 4.74 Å². The van der Waals surface area contributed by atoms with Crippen molar-refractivity contribution in [1.82, 2.24) is 20.3 Å². The minimum Gasteiger partial charge on any atom is -0.447 e. The second-order valence-electron chi connectivity index (χ2n) is 12.2. The summed E-state index contributed by atoms with van der Waals surface area (Å²) in [6, 6.07) is 10.3. The number of aromatic nitrogens is 1. The first kappa shape index (κ1) is 33.3. The Balaban J connectivity index is 1.51. The standard InChI is InChI=1S/C31H40FN5O5S2/c1-19(2)42-30(39)36-22-12-10-20(11-13-22)28-33-18-26(43-28)24-15-14-23(16-27(24)44(40,41)37-31(3,4)5)35-29(38)34-17-21-8-6-7-9-25(21)32/h6-9,14-16,18-20,22,37H,10-13,17H2,1-5H3,(H,36,39)(H2,34,35,38). The molecule has 1 heterocycles. The highest BCUT2D eigenvalue weighted by molar-refractivity contribution is 7.89. The van der Waals surface area contributed by atoms with E-state index in [1.807, 2.05) is 13.8 Å².